The number of rotatable bonds is 2. The number of aromatic nitrogens is 3. The quantitative estimate of drug-likeness (QED) is 0.698. The first-order valence-electron chi connectivity index (χ1n) is 10.5. The SMILES string of the molecule is CC1(C)CCc2ncnc(N3CCOc4ccc(-c5ccc(N)nc5)cc4C3)c2C1. The Balaban J connectivity index is 1.50. The zero-order valence-corrected chi connectivity index (χ0v) is 17.6. The Morgan fingerprint density at radius 3 is 2.77 bits per heavy atom. The maximum Gasteiger partial charge on any atom is 0.135 e. The van der Waals surface area contributed by atoms with Crippen molar-refractivity contribution in [3.63, 3.8) is 0 Å². The van der Waals surface area contributed by atoms with Crippen molar-refractivity contribution in [2.24, 2.45) is 5.41 Å². The van der Waals surface area contributed by atoms with Crippen LogP contribution in [0.25, 0.3) is 11.1 Å². The predicted molar refractivity (Wildman–Crippen MR) is 118 cm³/mol. The summed E-state index contributed by atoms with van der Waals surface area (Å²) in [5.74, 6) is 2.52. The van der Waals surface area contributed by atoms with E-state index in [1.807, 2.05) is 18.3 Å². The molecule has 6 nitrogen and oxygen atoms in total. The van der Waals surface area contributed by atoms with E-state index in [0.29, 0.717) is 12.4 Å². The number of ether oxygens (including phenoxy) is 1. The second-order valence-corrected chi connectivity index (χ2v) is 9.03. The molecule has 30 heavy (non-hydrogen) atoms. The largest absolute Gasteiger partial charge is 0.491 e. The zero-order chi connectivity index (χ0) is 20.7. The molecule has 3 aromatic rings. The first-order valence-corrected chi connectivity index (χ1v) is 10.5. The summed E-state index contributed by atoms with van der Waals surface area (Å²) in [6, 6.07) is 10.2. The number of nitrogens with two attached hydrogens (primary N) is 1. The second-order valence-electron chi connectivity index (χ2n) is 9.03. The van der Waals surface area contributed by atoms with Crippen molar-refractivity contribution in [1.29, 1.82) is 0 Å². The summed E-state index contributed by atoms with van der Waals surface area (Å²) in [7, 11) is 0. The molecular weight excluding hydrogens is 374 g/mol. The number of fused-ring (bicyclic) bond motifs is 2. The first-order chi connectivity index (χ1) is 14.5. The number of hydrogen-bond acceptors (Lipinski definition) is 6. The van der Waals surface area contributed by atoms with Crippen molar-refractivity contribution in [2.45, 2.75) is 39.7 Å². The summed E-state index contributed by atoms with van der Waals surface area (Å²) >= 11 is 0. The van der Waals surface area contributed by atoms with Gasteiger partial charge in [0.2, 0.25) is 0 Å². The van der Waals surface area contributed by atoms with Crippen LogP contribution in [0.4, 0.5) is 11.6 Å². The Kier molecular flexibility index (Phi) is 4.57. The molecule has 1 aromatic carbocycles. The van der Waals surface area contributed by atoms with Crippen molar-refractivity contribution < 1.29 is 4.74 Å². The Labute approximate surface area is 177 Å². The molecule has 0 amide bonds. The Morgan fingerprint density at radius 1 is 1.07 bits per heavy atom. The molecule has 0 bridgehead atoms. The van der Waals surface area contributed by atoms with Crippen LogP contribution >= 0.6 is 0 Å². The van der Waals surface area contributed by atoms with Gasteiger partial charge in [0.05, 0.1) is 6.54 Å². The van der Waals surface area contributed by atoms with Crippen LogP contribution in [0.3, 0.4) is 0 Å². The van der Waals surface area contributed by atoms with E-state index in [9.17, 15) is 0 Å². The molecule has 2 aliphatic rings. The van der Waals surface area contributed by atoms with Crippen molar-refractivity contribution in [3.8, 4) is 16.9 Å². The Hall–Kier alpha value is -3.15. The standard InChI is InChI=1S/C24H27N5O/c1-24(2)8-7-20-19(12-24)23(28-15-27-20)29-9-10-30-21-5-3-16(11-18(21)14-29)17-4-6-22(25)26-13-17/h3-6,11,13,15H,7-10,12,14H2,1-2H3,(H2,25,26). The van der Waals surface area contributed by atoms with Gasteiger partial charge >= 0.3 is 0 Å². The monoisotopic (exact) mass is 401 g/mol. The number of aryl methyl sites for hydroxylation is 1. The summed E-state index contributed by atoms with van der Waals surface area (Å²) in [4.78, 5) is 15.9. The van der Waals surface area contributed by atoms with Crippen LogP contribution in [0.2, 0.25) is 0 Å². The van der Waals surface area contributed by atoms with Gasteiger partial charge in [-0.15, -0.1) is 0 Å². The fourth-order valence-corrected chi connectivity index (χ4v) is 4.46. The fourth-order valence-electron chi connectivity index (χ4n) is 4.46. The molecule has 6 heteroatoms. The van der Waals surface area contributed by atoms with Crippen LogP contribution in [0.5, 0.6) is 5.75 Å². The van der Waals surface area contributed by atoms with E-state index in [1.165, 1.54) is 17.7 Å². The van der Waals surface area contributed by atoms with E-state index in [4.69, 9.17) is 15.5 Å². The van der Waals surface area contributed by atoms with Gasteiger partial charge in [0.15, 0.2) is 0 Å². The number of anilines is 2. The van der Waals surface area contributed by atoms with Gasteiger partial charge in [-0.1, -0.05) is 19.9 Å². The third-order valence-corrected chi connectivity index (χ3v) is 6.17. The number of pyridine rings is 1. The molecule has 5 rings (SSSR count). The van der Waals surface area contributed by atoms with E-state index >= 15 is 0 Å². The Bertz CT molecular complexity index is 1080. The van der Waals surface area contributed by atoms with E-state index in [0.717, 1.165) is 54.2 Å². The molecule has 0 unspecified atom stereocenters. The molecule has 3 heterocycles. The highest BCUT2D eigenvalue weighted by molar-refractivity contribution is 5.66. The van der Waals surface area contributed by atoms with E-state index in [1.54, 1.807) is 6.33 Å². The Morgan fingerprint density at radius 2 is 1.93 bits per heavy atom. The molecular formula is C24H27N5O. The minimum Gasteiger partial charge on any atom is -0.491 e. The van der Waals surface area contributed by atoms with E-state index in [2.05, 4.69) is 46.9 Å². The average Bonchev–Trinajstić information content (AvgIpc) is 2.95. The lowest BCUT2D eigenvalue weighted by atomic mass is 9.76. The van der Waals surface area contributed by atoms with Crippen LogP contribution in [0, 0.1) is 5.41 Å². The summed E-state index contributed by atoms with van der Waals surface area (Å²) in [5, 5.41) is 0. The summed E-state index contributed by atoms with van der Waals surface area (Å²) < 4.78 is 6.07. The topological polar surface area (TPSA) is 77.2 Å². The highest BCUT2D eigenvalue weighted by atomic mass is 16.5. The minimum absolute atomic E-state index is 0.280. The van der Waals surface area contributed by atoms with Crippen molar-refractivity contribution in [3.05, 3.63) is 59.7 Å². The van der Waals surface area contributed by atoms with Crippen molar-refractivity contribution in [1.82, 2.24) is 15.0 Å². The second kappa shape index (κ2) is 7.27. The smallest absolute Gasteiger partial charge is 0.135 e. The molecule has 0 atom stereocenters. The predicted octanol–water partition coefficient (Wildman–Crippen LogP) is 4.03. The molecule has 0 saturated heterocycles. The molecule has 2 aromatic heterocycles. The average molecular weight is 402 g/mol. The van der Waals surface area contributed by atoms with Crippen molar-refractivity contribution in [2.75, 3.05) is 23.8 Å². The first kappa shape index (κ1) is 18.9. The van der Waals surface area contributed by atoms with Gasteiger partial charge in [-0.3, -0.25) is 0 Å². The van der Waals surface area contributed by atoms with Gasteiger partial charge in [0, 0.05) is 35.1 Å². The van der Waals surface area contributed by atoms with Gasteiger partial charge in [0.25, 0.3) is 0 Å². The molecule has 0 fully saturated rings. The number of hydrogen-bond donors (Lipinski definition) is 1. The number of nitrogen functional groups attached to an aromatic ring is 1. The summed E-state index contributed by atoms with van der Waals surface area (Å²) in [6.07, 6.45) is 6.74. The third-order valence-electron chi connectivity index (χ3n) is 6.17. The molecule has 0 radical (unpaired) electrons. The molecule has 2 N–H and O–H groups in total. The van der Waals surface area contributed by atoms with Gasteiger partial charge in [-0.2, -0.15) is 0 Å². The summed E-state index contributed by atoms with van der Waals surface area (Å²) in [6.45, 7) is 6.87. The fraction of sp³-hybridized carbons (Fsp3) is 0.375. The highest BCUT2D eigenvalue weighted by Crippen LogP contribution is 2.38. The minimum atomic E-state index is 0.280. The summed E-state index contributed by atoms with van der Waals surface area (Å²) in [5.41, 5.74) is 11.8. The lowest BCUT2D eigenvalue weighted by molar-refractivity contribution is 0.310. The lowest BCUT2D eigenvalue weighted by Crippen LogP contribution is -2.31. The van der Waals surface area contributed by atoms with Crippen LogP contribution in [0.1, 0.15) is 37.1 Å². The van der Waals surface area contributed by atoms with Crippen molar-refractivity contribution >= 4 is 11.6 Å². The molecule has 0 spiro atoms. The number of benzene rings is 1. The molecule has 0 saturated carbocycles. The molecule has 1 aliphatic heterocycles. The number of nitrogens with zero attached hydrogens (tertiary/aromatic N) is 4. The van der Waals surface area contributed by atoms with Crippen LogP contribution < -0.4 is 15.4 Å². The van der Waals surface area contributed by atoms with Crippen LogP contribution in [-0.2, 0) is 19.4 Å². The van der Waals surface area contributed by atoms with Gasteiger partial charge in [-0.05, 0) is 54.5 Å². The van der Waals surface area contributed by atoms with Gasteiger partial charge < -0.3 is 15.4 Å². The van der Waals surface area contributed by atoms with Gasteiger partial charge in [0.1, 0.15) is 30.3 Å². The van der Waals surface area contributed by atoms with Crippen LogP contribution in [-0.4, -0.2) is 28.1 Å². The molecule has 1 aliphatic carbocycles. The molecule has 154 valence electrons. The normalized spacial score (nSPS) is 17.5. The zero-order valence-electron chi connectivity index (χ0n) is 17.6. The van der Waals surface area contributed by atoms with Crippen LogP contribution in [0.15, 0.2) is 42.9 Å². The third kappa shape index (κ3) is 3.58. The maximum atomic E-state index is 6.07. The maximum absolute atomic E-state index is 6.07. The van der Waals surface area contributed by atoms with Gasteiger partial charge in [-0.25, -0.2) is 15.0 Å². The highest BCUT2D eigenvalue weighted by Gasteiger charge is 2.30. The lowest BCUT2D eigenvalue weighted by Gasteiger charge is -2.33. The van der Waals surface area contributed by atoms with E-state index < -0.39 is 0 Å². The van der Waals surface area contributed by atoms with E-state index in [-0.39, 0.29) is 5.41 Å².